The SMILES string of the molecule is O=C(Cc1ccc(-n2cnnc2)cc1)Nc1ncn[nH]1. The monoisotopic (exact) mass is 269 g/mol. The molecule has 3 aromatic rings. The minimum atomic E-state index is -0.154. The first-order valence-electron chi connectivity index (χ1n) is 5.90. The van der Waals surface area contributed by atoms with E-state index in [0.717, 1.165) is 11.3 Å². The molecule has 0 saturated heterocycles. The molecule has 8 nitrogen and oxygen atoms in total. The third-order valence-corrected chi connectivity index (χ3v) is 2.69. The minimum absolute atomic E-state index is 0.154. The third-order valence-electron chi connectivity index (χ3n) is 2.69. The highest BCUT2D eigenvalue weighted by atomic mass is 16.1. The molecule has 2 heterocycles. The second-order valence-corrected chi connectivity index (χ2v) is 4.09. The van der Waals surface area contributed by atoms with Gasteiger partial charge in [-0.2, -0.15) is 10.1 Å². The smallest absolute Gasteiger partial charge is 0.231 e. The molecule has 0 bridgehead atoms. The number of carbonyl (C=O) groups is 1. The number of hydrogen-bond donors (Lipinski definition) is 2. The van der Waals surface area contributed by atoms with E-state index in [9.17, 15) is 4.79 Å². The molecule has 1 aromatic carbocycles. The Morgan fingerprint density at radius 3 is 2.60 bits per heavy atom. The predicted molar refractivity (Wildman–Crippen MR) is 70.1 cm³/mol. The van der Waals surface area contributed by atoms with Gasteiger partial charge in [0.15, 0.2) is 0 Å². The largest absolute Gasteiger partial charge is 0.295 e. The van der Waals surface area contributed by atoms with E-state index in [1.54, 1.807) is 17.2 Å². The molecule has 100 valence electrons. The van der Waals surface area contributed by atoms with Crippen LogP contribution >= 0.6 is 0 Å². The van der Waals surface area contributed by atoms with E-state index in [0.29, 0.717) is 5.95 Å². The molecule has 0 saturated carbocycles. The Kier molecular flexibility index (Phi) is 3.19. The molecule has 0 unspecified atom stereocenters. The number of aromatic nitrogens is 6. The van der Waals surface area contributed by atoms with Crippen LogP contribution < -0.4 is 5.32 Å². The zero-order chi connectivity index (χ0) is 13.8. The van der Waals surface area contributed by atoms with Crippen molar-refractivity contribution in [2.45, 2.75) is 6.42 Å². The van der Waals surface area contributed by atoms with E-state index in [1.165, 1.54) is 6.33 Å². The Hall–Kier alpha value is -3.03. The summed E-state index contributed by atoms with van der Waals surface area (Å²) in [5, 5.41) is 16.3. The maximum atomic E-state index is 11.8. The number of aromatic amines is 1. The molecule has 0 fully saturated rings. The lowest BCUT2D eigenvalue weighted by Gasteiger charge is -2.04. The van der Waals surface area contributed by atoms with Crippen LogP contribution in [0.3, 0.4) is 0 Å². The lowest BCUT2D eigenvalue weighted by molar-refractivity contribution is -0.115. The number of anilines is 1. The Labute approximate surface area is 113 Å². The summed E-state index contributed by atoms with van der Waals surface area (Å²) in [7, 11) is 0. The summed E-state index contributed by atoms with van der Waals surface area (Å²) in [6, 6.07) is 7.57. The van der Waals surface area contributed by atoms with E-state index < -0.39 is 0 Å². The topological polar surface area (TPSA) is 101 Å². The summed E-state index contributed by atoms with van der Waals surface area (Å²) in [6.45, 7) is 0. The molecule has 0 aliphatic rings. The molecular weight excluding hydrogens is 258 g/mol. The number of nitrogens with zero attached hydrogens (tertiary/aromatic N) is 5. The molecule has 0 radical (unpaired) electrons. The molecule has 2 N–H and O–H groups in total. The summed E-state index contributed by atoms with van der Waals surface area (Å²) in [4.78, 5) is 15.6. The van der Waals surface area contributed by atoms with E-state index >= 15 is 0 Å². The van der Waals surface area contributed by atoms with Crippen LogP contribution in [0.5, 0.6) is 0 Å². The van der Waals surface area contributed by atoms with Gasteiger partial charge in [-0.05, 0) is 17.7 Å². The first-order chi connectivity index (χ1) is 9.81. The molecule has 20 heavy (non-hydrogen) atoms. The first-order valence-corrected chi connectivity index (χ1v) is 5.90. The summed E-state index contributed by atoms with van der Waals surface area (Å²) < 4.78 is 1.79. The maximum absolute atomic E-state index is 11.8. The van der Waals surface area contributed by atoms with Crippen molar-refractivity contribution in [1.82, 2.24) is 29.9 Å². The zero-order valence-corrected chi connectivity index (χ0v) is 10.4. The number of amides is 1. The maximum Gasteiger partial charge on any atom is 0.231 e. The van der Waals surface area contributed by atoms with Crippen LogP contribution in [0.25, 0.3) is 5.69 Å². The van der Waals surface area contributed by atoms with Gasteiger partial charge in [0.25, 0.3) is 0 Å². The van der Waals surface area contributed by atoms with Crippen molar-refractivity contribution in [2.24, 2.45) is 0 Å². The quantitative estimate of drug-likeness (QED) is 0.721. The van der Waals surface area contributed by atoms with Gasteiger partial charge in [-0.15, -0.1) is 10.2 Å². The van der Waals surface area contributed by atoms with Crippen LogP contribution in [0, 0.1) is 0 Å². The van der Waals surface area contributed by atoms with Crippen molar-refractivity contribution in [3.05, 3.63) is 48.8 Å². The van der Waals surface area contributed by atoms with Crippen molar-refractivity contribution < 1.29 is 4.79 Å². The fourth-order valence-electron chi connectivity index (χ4n) is 1.75. The van der Waals surface area contributed by atoms with Gasteiger partial charge < -0.3 is 0 Å². The van der Waals surface area contributed by atoms with Crippen LogP contribution in [0.15, 0.2) is 43.2 Å². The molecule has 0 aliphatic carbocycles. The number of benzene rings is 1. The average Bonchev–Trinajstić information content (AvgIpc) is 3.12. The van der Waals surface area contributed by atoms with Crippen molar-refractivity contribution in [3.8, 4) is 5.69 Å². The number of rotatable bonds is 4. The Balaban J connectivity index is 1.65. The predicted octanol–water partition coefficient (Wildman–Crippen LogP) is 0.567. The second kappa shape index (κ2) is 5.31. The van der Waals surface area contributed by atoms with Gasteiger partial charge in [-0.3, -0.25) is 14.7 Å². The van der Waals surface area contributed by atoms with E-state index in [4.69, 9.17) is 0 Å². The Bertz CT molecular complexity index is 673. The molecule has 2 aromatic heterocycles. The number of carbonyl (C=O) groups excluding carboxylic acids is 1. The Morgan fingerprint density at radius 2 is 1.95 bits per heavy atom. The van der Waals surface area contributed by atoms with Gasteiger partial charge in [0.1, 0.15) is 19.0 Å². The highest BCUT2D eigenvalue weighted by Gasteiger charge is 2.06. The standard InChI is InChI=1S/C12H11N7O/c20-11(17-12-13-6-14-18-12)5-9-1-3-10(4-2-9)19-7-15-16-8-19/h1-4,6-8H,5H2,(H2,13,14,17,18,20). The molecule has 3 rings (SSSR count). The van der Waals surface area contributed by atoms with E-state index in [2.05, 4.69) is 30.7 Å². The van der Waals surface area contributed by atoms with Crippen LogP contribution in [0.2, 0.25) is 0 Å². The normalized spacial score (nSPS) is 10.4. The van der Waals surface area contributed by atoms with Gasteiger partial charge in [-0.25, -0.2) is 5.10 Å². The molecule has 0 aliphatic heterocycles. The number of nitrogens with one attached hydrogen (secondary N) is 2. The lowest BCUT2D eigenvalue weighted by Crippen LogP contribution is -2.15. The summed E-state index contributed by atoms with van der Waals surface area (Å²) >= 11 is 0. The van der Waals surface area contributed by atoms with Gasteiger partial charge in [0, 0.05) is 5.69 Å². The van der Waals surface area contributed by atoms with Gasteiger partial charge in [0.05, 0.1) is 6.42 Å². The van der Waals surface area contributed by atoms with Crippen LogP contribution in [0.4, 0.5) is 5.95 Å². The van der Waals surface area contributed by atoms with Crippen molar-refractivity contribution in [3.63, 3.8) is 0 Å². The summed E-state index contributed by atoms with van der Waals surface area (Å²) in [5.41, 5.74) is 1.84. The lowest BCUT2D eigenvalue weighted by atomic mass is 10.1. The number of H-pyrrole nitrogens is 1. The zero-order valence-electron chi connectivity index (χ0n) is 10.4. The molecule has 8 heteroatoms. The molecule has 1 amide bonds. The fourth-order valence-corrected chi connectivity index (χ4v) is 1.75. The fraction of sp³-hybridized carbons (Fsp3) is 0.0833. The van der Waals surface area contributed by atoms with Gasteiger partial charge in [-0.1, -0.05) is 12.1 Å². The average molecular weight is 269 g/mol. The minimum Gasteiger partial charge on any atom is -0.295 e. The number of hydrogen-bond acceptors (Lipinski definition) is 5. The van der Waals surface area contributed by atoms with Crippen LogP contribution in [-0.2, 0) is 11.2 Å². The highest BCUT2D eigenvalue weighted by molar-refractivity contribution is 5.90. The Morgan fingerprint density at radius 1 is 1.20 bits per heavy atom. The van der Waals surface area contributed by atoms with E-state index in [-0.39, 0.29) is 12.3 Å². The molecular formula is C12H11N7O. The summed E-state index contributed by atoms with van der Waals surface area (Å²) in [5.74, 6) is 0.190. The van der Waals surface area contributed by atoms with Gasteiger partial charge in [0.2, 0.25) is 11.9 Å². The third kappa shape index (κ3) is 2.69. The highest BCUT2D eigenvalue weighted by Crippen LogP contribution is 2.09. The van der Waals surface area contributed by atoms with Crippen molar-refractivity contribution in [1.29, 1.82) is 0 Å². The summed E-state index contributed by atoms with van der Waals surface area (Å²) in [6.07, 6.45) is 4.84. The van der Waals surface area contributed by atoms with Crippen LogP contribution in [-0.4, -0.2) is 35.9 Å². The van der Waals surface area contributed by atoms with Crippen LogP contribution in [0.1, 0.15) is 5.56 Å². The second-order valence-electron chi connectivity index (χ2n) is 4.09. The molecule has 0 spiro atoms. The first kappa shape index (κ1) is 12.0. The molecule has 0 atom stereocenters. The van der Waals surface area contributed by atoms with E-state index in [1.807, 2.05) is 24.3 Å². The van der Waals surface area contributed by atoms with Crippen molar-refractivity contribution in [2.75, 3.05) is 5.32 Å². The van der Waals surface area contributed by atoms with Gasteiger partial charge >= 0.3 is 0 Å². The van der Waals surface area contributed by atoms with Crippen molar-refractivity contribution >= 4 is 11.9 Å².